The first-order chi connectivity index (χ1) is 11.2. The van der Waals surface area contributed by atoms with Crippen LogP contribution in [0.2, 0.25) is 0 Å². The zero-order valence-corrected chi connectivity index (χ0v) is 13.8. The van der Waals surface area contributed by atoms with Gasteiger partial charge in [-0.15, -0.1) is 0 Å². The van der Waals surface area contributed by atoms with Gasteiger partial charge in [0.2, 0.25) is 0 Å². The highest BCUT2D eigenvalue weighted by molar-refractivity contribution is 5.74. The first kappa shape index (κ1) is 15.6. The fraction of sp³-hybridized carbons (Fsp3) is 0.444. The minimum absolute atomic E-state index is 0.0351. The molecule has 1 aromatic heterocycles. The first-order valence-electron chi connectivity index (χ1n) is 8.27. The number of urea groups is 1. The van der Waals surface area contributed by atoms with E-state index in [0.717, 1.165) is 31.9 Å². The predicted octanol–water partition coefficient (Wildman–Crippen LogP) is 2.76. The molecule has 0 saturated carbocycles. The lowest BCUT2D eigenvalue weighted by Crippen LogP contribution is -2.38. The van der Waals surface area contributed by atoms with Crippen molar-refractivity contribution < 1.29 is 4.79 Å². The number of imidazole rings is 1. The Morgan fingerprint density at radius 3 is 2.87 bits per heavy atom. The molecular formula is C18H24N4O. The van der Waals surface area contributed by atoms with Crippen molar-refractivity contribution in [2.45, 2.75) is 32.7 Å². The van der Waals surface area contributed by atoms with E-state index in [-0.39, 0.29) is 6.03 Å². The Morgan fingerprint density at radius 2 is 2.13 bits per heavy atom. The summed E-state index contributed by atoms with van der Waals surface area (Å²) in [6, 6.07) is 10.5. The van der Waals surface area contributed by atoms with Crippen molar-refractivity contribution in [2.24, 2.45) is 0 Å². The number of hydrogen-bond acceptors (Lipinski definition) is 2. The number of aromatic nitrogens is 2. The Balaban J connectivity index is 1.75. The number of rotatable bonds is 4. The van der Waals surface area contributed by atoms with Crippen LogP contribution in [0.3, 0.4) is 0 Å². The van der Waals surface area contributed by atoms with Crippen LogP contribution in [-0.4, -0.2) is 40.1 Å². The zero-order valence-electron chi connectivity index (χ0n) is 13.8. The number of hydrogen-bond donors (Lipinski definition) is 1. The fourth-order valence-corrected chi connectivity index (χ4v) is 3.20. The van der Waals surface area contributed by atoms with Crippen molar-refractivity contribution in [1.29, 1.82) is 0 Å². The van der Waals surface area contributed by atoms with E-state index in [2.05, 4.69) is 46.1 Å². The Labute approximate surface area is 137 Å². The van der Waals surface area contributed by atoms with Gasteiger partial charge in [-0.25, -0.2) is 9.78 Å². The summed E-state index contributed by atoms with van der Waals surface area (Å²) in [4.78, 5) is 18.5. The van der Waals surface area contributed by atoms with Gasteiger partial charge in [-0.2, -0.15) is 0 Å². The molecule has 1 fully saturated rings. The Kier molecular flexibility index (Phi) is 4.65. The molecule has 2 heterocycles. The van der Waals surface area contributed by atoms with Crippen molar-refractivity contribution in [2.75, 3.05) is 19.6 Å². The average molecular weight is 312 g/mol. The molecule has 1 aliphatic rings. The molecule has 3 rings (SSSR count). The van der Waals surface area contributed by atoms with E-state index in [0.29, 0.717) is 12.5 Å². The number of nitrogens with zero attached hydrogens (tertiary/aromatic N) is 3. The monoisotopic (exact) mass is 312 g/mol. The number of amides is 2. The molecule has 2 amide bonds. The number of carbonyl (C=O) groups is 1. The van der Waals surface area contributed by atoms with Crippen LogP contribution in [0.5, 0.6) is 0 Å². The number of likely N-dealkylation sites (tertiary alicyclic amines) is 1. The SMILES string of the molecule is CCNC(=O)N1CCC(c2ncc(C)n2Cc2ccccc2)C1. The van der Waals surface area contributed by atoms with Crippen LogP contribution in [-0.2, 0) is 6.54 Å². The molecule has 23 heavy (non-hydrogen) atoms. The molecular weight excluding hydrogens is 288 g/mol. The Hall–Kier alpha value is -2.30. The molecule has 1 N–H and O–H groups in total. The molecule has 2 aromatic rings. The minimum atomic E-state index is 0.0351. The molecule has 5 heteroatoms. The zero-order chi connectivity index (χ0) is 16.2. The number of benzene rings is 1. The highest BCUT2D eigenvalue weighted by Crippen LogP contribution is 2.27. The maximum Gasteiger partial charge on any atom is 0.317 e. The van der Waals surface area contributed by atoms with Gasteiger partial charge in [-0.1, -0.05) is 30.3 Å². The molecule has 0 aliphatic carbocycles. The van der Waals surface area contributed by atoms with E-state index in [1.807, 2.05) is 24.1 Å². The summed E-state index contributed by atoms with van der Waals surface area (Å²) in [6.45, 7) is 7.09. The maximum absolute atomic E-state index is 12.0. The second-order valence-electron chi connectivity index (χ2n) is 6.10. The van der Waals surface area contributed by atoms with Gasteiger partial charge in [-0.05, 0) is 25.8 Å². The van der Waals surface area contributed by atoms with E-state index in [1.54, 1.807) is 0 Å². The van der Waals surface area contributed by atoms with Gasteiger partial charge in [0.25, 0.3) is 0 Å². The van der Waals surface area contributed by atoms with Gasteiger partial charge in [0.15, 0.2) is 0 Å². The quantitative estimate of drug-likeness (QED) is 0.944. The van der Waals surface area contributed by atoms with Crippen molar-refractivity contribution in [3.63, 3.8) is 0 Å². The van der Waals surface area contributed by atoms with Gasteiger partial charge in [0, 0.05) is 44.0 Å². The second kappa shape index (κ2) is 6.86. The molecule has 1 unspecified atom stereocenters. The molecule has 1 atom stereocenters. The van der Waals surface area contributed by atoms with E-state index < -0.39 is 0 Å². The Bertz CT molecular complexity index is 665. The van der Waals surface area contributed by atoms with Gasteiger partial charge in [0.1, 0.15) is 5.82 Å². The first-order valence-corrected chi connectivity index (χ1v) is 8.27. The van der Waals surface area contributed by atoms with Crippen molar-refractivity contribution in [3.8, 4) is 0 Å². The topological polar surface area (TPSA) is 50.2 Å². The summed E-state index contributed by atoms with van der Waals surface area (Å²) >= 11 is 0. The number of carbonyl (C=O) groups excluding carboxylic acids is 1. The lowest BCUT2D eigenvalue weighted by atomic mass is 10.1. The van der Waals surface area contributed by atoms with Crippen LogP contribution in [0.25, 0.3) is 0 Å². The summed E-state index contributed by atoms with van der Waals surface area (Å²) in [7, 11) is 0. The molecule has 1 saturated heterocycles. The van der Waals surface area contributed by atoms with E-state index >= 15 is 0 Å². The largest absolute Gasteiger partial charge is 0.338 e. The van der Waals surface area contributed by atoms with Crippen LogP contribution in [0.15, 0.2) is 36.5 Å². The van der Waals surface area contributed by atoms with Crippen molar-refractivity contribution in [3.05, 3.63) is 53.6 Å². The average Bonchev–Trinajstić information content (AvgIpc) is 3.17. The molecule has 122 valence electrons. The highest BCUT2D eigenvalue weighted by Gasteiger charge is 2.30. The summed E-state index contributed by atoms with van der Waals surface area (Å²) in [5.41, 5.74) is 2.44. The number of nitrogens with one attached hydrogen (secondary N) is 1. The van der Waals surface area contributed by atoms with Crippen LogP contribution in [0.4, 0.5) is 4.79 Å². The molecule has 0 spiro atoms. The highest BCUT2D eigenvalue weighted by atomic mass is 16.2. The standard InChI is InChI=1S/C18H24N4O/c1-3-19-18(23)21-10-9-16(13-21)17-20-11-14(2)22(17)12-15-7-5-4-6-8-15/h4-8,11,16H,3,9-10,12-13H2,1-2H3,(H,19,23). The van der Waals surface area contributed by atoms with Crippen LogP contribution >= 0.6 is 0 Å². The van der Waals surface area contributed by atoms with E-state index in [1.165, 1.54) is 11.3 Å². The molecule has 0 radical (unpaired) electrons. The van der Waals surface area contributed by atoms with Gasteiger partial charge < -0.3 is 14.8 Å². The smallest absolute Gasteiger partial charge is 0.317 e. The summed E-state index contributed by atoms with van der Waals surface area (Å²) < 4.78 is 2.28. The third-order valence-corrected chi connectivity index (χ3v) is 4.44. The fourth-order valence-electron chi connectivity index (χ4n) is 3.20. The minimum Gasteiger partial charge on any atom is -0.338 e. The predicted molar refractivity (Wildman–Crippen MR) is 90.5 cm³/mol. The van der Waals surface area contributed by atoms with Gasteiger partial charge in [-0.3, -0.25) is 0 Å². The lowest BCUT2D eigenvalue weighted by molar-refractivity contribution is 0.208. The third-order valence-electron chi connectivity index (χ3n) is 4.44. The van der Waals surface area contributed by atoms with Crippen molar-refractivity contribution >= 4 is 6.03 Å². The third kappa shape index (κ3) is 3.38. The van der Waals surface area contributed by atoms with E-state index in [9.17, 15) is 4.79 Å². The number of aryl methyl sites for hydroxylation is 1. The van der Waals surface area contributed by atoms with Crippen LogP contribution in [0.1, 0.15) is 36.3 Å². The van der Waals surface area contributed by atoms with Crippen LogP contribution in [0, 0.1) is 6.92 Å². The van der Waals surface area contributed by atoms with Gasteiger partial charge in [0.05, 0.1) is 0 Å². The summed E-state index contributed by atoms with van der Waals surface area (Å²) in [5, 5.41) is 2.88. The molecule has 1 aromatic carbocycles. The molecule has 5 nitrogen and oxygen atoms in total. The Morgan fingerprint density at radius 1 is 1.35 bits per heavy atom. The van der Waals surface area contributed by atoms with Crippen molar-refractivity contribution in [1.82, 2.24) is 19.8 Å². The molecule has 1 aliphatic heterocycles. The maximum atomic E-state index is 12.0. The summed E-state index contributed by atoms with van der Waals surface area (Å²) in [6.07, 6.45) is 2.91. The summed E-state index contributed by atoms with van der Waals surface area (Å²) in [5.74, 6) is 1.41. The second-order valence-corrected chi connectivity index (χ2v) is 6.10. The van der Waals surface area contributed by atoms with Crippen LogP contribution < -0.4 is 5.32 Å². The van der Waals surface area contributed by atoms with Gasteiger partial charge >= 0.3 is 6.03 Å². The molecule has 0 bridgehead atoms. The normalized spacial score (nSPS) is 17.5. The lowest BCUT2D eigenvalue weighted by Gasteiger charge is -2.18. The van der Waals surface area contributed by atoms with E-state index in [4.69, 9.17) is 0 Å².